The number of anilines is 2. The number of rotatable bonds is 7. The van der Waals surface area contributed by atoms with Gasteiger partial charge in [-0.2, -0.15) is 0 Å². The Labute approximate surface area is 189 Å². The second-order valence-corrected chi connectivity index (χ2v) is 7.99. The normalized spacial score (nSPS) is 10.8. The largest absolute Gasteiger partial charge is 0.497 e. The number of nitrogens with one attached hydrogen (secondary N) is 3. The zero-order valence-electron chi connectivity index (χ0n) is 17.1. The van der Waals surface area contributed by atoms with Crippen LogP contribution in [-0.4, -0.2) is 29.0 Å². The van der Waals surface area contributed by atoms with Gasteiger partial charge in [0.25, 0.3) is 0 Å². The first-order valence-electron chi connectivity index (χ1n) is 9.61. The average Bonchev–Trinajstić information content (AvgIpc) is 3.14. The number of hydrogen-bond donors (Lipinski definition) is 3. The first kappa shape index (κ1) is 22.4. The minimum Gasteiger partial charge on any atom is -0.497 e. The molecule has 2 aromatic carbocycles. The number of aromatic nitrogens is 1. The molecule has 0 unspecified atom stereocenters. The van der Waals surface area contributed by atoms with Crippen molar-refractivity contribution in [1.82, 2.24) is 10.3 Å². The molecule has 0 aliphatic heterocycles. The summed E-state index contributed by atoms with van der Waals surface area (Å²) in [6.07, 6.45) is 4.34. The van der Waals surface area contributed by atoms with E-state index in [0.717, 1.165) is 28.0 Å². The summed E-state index contributed by atoms with van der Waals surface area (Å²) in [5.41, 5.74) is 2.36. The van der Waals surface area contributed by atoms with Crippen LogP contribution < -0.4 is 20.7 Å². The van der Waals surface area contributed by atoms with Gasteiger partial charge in [-0.1, -0.05) is 30.4 Å². The van der Waals surface area contributed by atoms with Crippen LogP contribution in [0.25, 0.3) is 16.3 Å². The highest BCUT2D eigenvalue weighted by atomic mass is 32.1. The standard InChI is InChI=1S/C22H22N4O3S2/c1-3-4-19(27)26-22-24-17-11-8-15(13-18(17)31-22)23-21(30)25-20(28)12-7-14-5-9-16(29-2)10-6-14/h5-13H,3-4H2,1-2H3,(H,24,26,27)(H2,23,25,28,30). The third-order valence-electron chi connectivity index (χ3n) is 4.15. The molecule has 7 nitrogen and oxygen atoms in total. The molecule has 3 N–H and O–H groups in total. The van der Waals surface area contributed by atoms with Crippen molar-refractivity contribution < 1.29 is 14.3 Å². The lowest BCUT2D eigenvalue weighted by Gasteiger charge is -2.08. The number of thiazole rings is 1. The molecule has 0 bridgehead atoms. The van der Waals surface area contributed by atoms with E-state index in [9.17, 15) is 9.59 Å². The van der Waals surface area contributed by atoms with Crippen molar-refractivity contribution in [3.05, 3.63) is 54.1 Å². The summed E-state index contributed by atoms with van der Waals surface area (Å²) in [6.45, 7) is 1.95. The zero-order valence-corrected chi connectivity index (χ0v) is 18.7. The maximum atomic E-state index is 12.1. The van der Waals surface area contributed by atoms with Crippen molar-refractivity contribution in [1.29, 1.82) is 0 Å². The quantitative estimate of drug-likeness (QED) is 0.358. The summed E-state index contributed by atoms with van der Waals surface area (Å²) in [4.78, 5) is 28.3. The van der Waals surface area contributed by atoms with Crippen LogP contribution in [-0.2, 0) is 9.59 Å². The molecular formula is C22H22N4O3S2. The number of ether oxygens (including phenoxy) is 1. The first-order chi connectivity index (χ1) is 15.0. The molecule has 31 heavy (non-hydrogen) atoms. The minimum absolute atomic E-state index is 0.0495. The molecule has 160 valence electrons. The molecular weight excluding hydrogens is 432 g/mol. The predicted octanol–water partition coefficient (Wildman–Crippen LogP) is 4.57. The van der Waals surface area contributed by atoms with Crippen LogP contribution in [0.3, 0.4) is 0 Å². The van der Waals surface area contributed by atoms with Crippen LogP contribution in [0.2, 0.25) is 0 Å². The van der Waals surface area contributed by atoms with Gasteiger partial charge in [0, 0.05) is 18.2 Å². The van der Waals surface area contributed by atoms with E-state index in [1.165, 1.54) is 17.4 Å². The van der Waals surface area contributed by atoms with E-state index < -0.39 is 0 Å². The fourth-order valence-electron chi connectivity index (χ4n) is 2.67. The van der Waals surface area contributed by atoms with Gasteiger partial charge in [0.2, 0.25) is 11.8 Å². The molecule has 0 radical (unpaired) electrons. The van der Waals surface area contributed by atoms with Gasteiger partial charge >= 0.3 is 0 Å². The van der Waals surface area contributed by atoms with E-state index in [4.69, 9.17) is 17.0 Å². The van der Waals surface area contributed by atoms with Gasteiger partial charge in [0.15, 0.2) is 10.2 Å². The van der Waals surface area contributed by atoms with E-state index in [2.05, 4.69) is 20.9 Å². The fourth-order valence-corrected chi connectivity index (χ4v) is 3.81. The Morgan fingerprint density at radius 3 is 2.65 bits per heavy atom. The second kappa shape index (κ2) is 10.6. The molecule has 0 aliphatic carbocycles. The number of fused-ring (bicyclic) bond motifs is 1. The smallest absolute Gasteiger partial charge is 0.250 e. The highest BCUT2D eigenvalue weighted by Crippen LogP contribution is 2.28. The molecule has 3 aromatic rings. The first-order valence-corrected chi connectivity index (χ1v) is 10.8. The van der Waals surface area contributed by atoms with Crippen LogP contribution in [0.15, 0.2) is 48.5 Å². The molecule has 0 saturated heterocycles. The Morgan fingerprint density at radius 2 is 1.94 bits per heavy atom. The molecule has 0 saturated carbocycles. The van der Waals surface area contributed by atoms with Gasteiger partial charge in [-0.15, -0.1) is 0 Å². The lowest BCUT2D eigenvalue weighted by molar-refractivity contribution is -0.116. The summed E-state index contributed by atoms with van der Waals surface area (Å²) in [5, 5.41) is 9.15. The van der Waals surface area contributed by atoms with E-state index >= 15 is 0 Å². The molecule has 3 rings (SSSR count). The molecule has 0 spiro atoms. The van der Waals surface area contributed by atoms with Crippen LogP contribution in [0.4, 0.5) is 10.8 Å². The monoisotopic (exact) mass is 454 g/mol. The maximum absolute atomic E-state index is 12.1. The molecule has 1 heterocycles. The van der Waals surface area contributed by atoms with Crippen molar-refractivity contribution in [2.45, 2.75) is 19.8 Å². The highest BCUT2D eigenvalue weighted by molar-refractivity contribution is 7.80. The number of methoxy groups -OCH3 is 1. The van der Waals surface area contributed by atoms with Crippen molar-refractivity contribution in [2.24, 2.45) is 0 Å². The third-order valence-corrected chi connectivity index (χ3v) is 5.29. The van der Waals surface area contributed by atoms with Gasteiger partial charge in [0.1, 0.15) is 5.75 Å². The molecule has 0 atom stereocenters. The van der Waals surface area contributed by atoms with Gasteiger partial charge in [-0.3, -0.25) is 14.9 Å². The molecule has 9 heteroatoms. The summed E-state index contributed by atoms with van der Waals surface area (Å²) in [5.74, 6) is 0.361. The Hall–Kier alpha value is -3.30. The Bertz CT molecular complexity index is 1120. The molecule has 0 fully saturated rings. The summed E-state index contributed by atoms with van der Waals surface area (Å²) < 4.78 is 6.00. The number of thiocarbonyl (C=S) groups is 1. The maximum Gasteiger partial charge on any atom is 0.250 e. The van der Waals surface area contributed by atoms with Crippen LogP contribution in [0, 0.1) is 0 Å². The van der Waals surface area contributed by atoms with E-state index in [-0.39, 0.29) is 16.9 Å². The number of benzene rings is 2. The Kier molecular flexibility index (Phi) is 7.69. The van der Waals surface area contributed by atoms with Crippen molar-refractivity contribution in [3.63, 3.8) is 0 Å². The summed E-state index contributed by atoms with van der Waals surface area (Å²) in [6, 6.07) is 12.8. The van der Waals surface area contributed by atoms with E-state index in [1.807, 2.05) is 49.4 Å². The second-order valence-electron chi connectivity index (χ2n) is 6.55. The number of carbonyl (C=O) groups excluding carboxylic acids is 2. The minimum atomic E-state index is -0.340. The topological polar surface area (TPSA) is 92.4 Å². The van der Waals surface area contributed by atoms with Gasteiger partial charge in [0.05, 0.1) is 17.3 Å². The Balaban J connectivity index is 1.56. The van der Waals surface area contributed by atoms with Gasteiger partial charge < -0.3 is 15.4 Å². The fraction of sp³-hybridized carbons (Fsp3) is 0.182. The van der Waals surface area contributed by atoms with Crippen LogP contribution >= 0.6 is 23.6 Å². The lowest BCUT2D eigenvalue weighted by Crippen LogP contribution is -2.32. The third kappa shape index (κ3) is 6.59. The van der Waals surface area contributed by atoms with Gasteiger partial charge in [-0.25, -0.2) is 4.98 Å². The number of carbonyl (C=O) groups is 2. The van der Waals surface area contributed by atoms with Gasteiger partial charge in [-0.05, 0) is 60.6 Å². The predicted molar refractivity (Wildman–Crippen MR) is 130 cm³/mol. The highest BCUT2D eigenvalue weighted by Gasteiger charge is 2.09. The summed E-state index contributed by atoms with van der Waals surface area (Å²) in [7, 11) is 1.60. The zero-order chi connectivity index (χ0) is 22.2. The van der Waals surface area contributed by atoms with Crippen molar-refractivity contribution in [3.8, 4) is 5.75 Å². The van der Waals surface area contributed by atoms with Crippen LogP contribution in [0.5, 0.6) is 5.75 Å². The Morgan fingerprint density at radius 1 is 1.16 bits per heavy atom. The van der Waals surface area contributed by atoms with E-state index in [0.29, 0.717) is 17.2 Å². The van der Waals surface area contributed by atoms with Crippen molar-refractivity contribution >= 4 is 67.6 Å². The van der Waals surface area contributed by atoms with Crippen molar-refractivity contribution in [2.75, 3.05) is 17.7 Å². The lowest BCUT2D eigenvalue weighted by atomic mass is 10.2. The number of nitrogens with zero attached hydrogens (tertiary/aromatic N) is 1. The number of amides is 2. The van der Waals surface area contributed by atoms with Crippen LogP contribution in [0.1, 0.15) is 25.3 Å². The molecule has 2 amide bonds. The SMILES string of the molecule is CCCC(=O)Nc1nc2ccc(NC(=S)NC(=O)C=Cc3ccc(OC)cc3)cc2s1. The van der Waals surface area contributed by atoms with E-state index in [1.54, 1.807) is 13.2 Å². The number of hydrogen-bond acceptors (Lipinski definition) is 6. The molecule has 1 aromatic heterocycles. The summed E-state index contributed by atoms with van der Waals surface area (Å²) >= 11 is 6.61. The average molecular weight is 455 g/mol. The molecule has 0 aliphatic rings.